The Kier molecular flexibility index (Phi) is 6.59. The number of rotatable bonds is 7. The number of amides is 1. The lowest BCUT2D eigenvalue weighted by molar-refractivity contribution is -0.130. The van der Waals surface area contributed by atoms with Crippen LogP contribution in [0.5, 0.6) is 0 Å². The van der Waals surface area contributed by atoms with E-state index in [-0.39, 0.29) is 4.88 Å². The maximum absolute atomic E-state index is 12.1. The lowest BCUT2D eigenvalue weighted by Gasteiger charge is -2.26. The van der Waals surface area contributed by atoms with E-state index in [4.69, 9.17) is 10.8 Å². The van der Waals surface area contributed by atoms with Crippen molar-refractivity contribution in [2.24, 2.45) is 11.7 Å². The number of thiophene rings is 1. The molecular weight excluding hydrogens is 330 g/mol. The SMILES string of the molecule is Cc1csc(C(=O)O)c1NNC(=O)C(O)[C@H](N)CC1CCCCC1. The predicted molar refractivity (Wildman–Crippen MR) is 93.0 cm³/mol. The zero-order chi connectivity index (χ0) is 17.7. The van der Waals surface area contributed by atoms with Crippen LogP contribution in [0.3, 0.4) is 0 Å². The van der Waals surface area contributed by atoms with E-state index in [0.717, 1.165) is 24.2 Å². The van der Waals surface area contributed by atoms with Gasteiger partial charge in [0.25, 0.3) is 5.91 Å². The van der Waals surface area contributed by atoms with Crippen molar-refractivity contribution >= 4 is 28.9 Å². The number of aliphatic hydroxyl groups is 1. The normalized spacial score (nSPS) is 18.0. The van der Waals surface area contributed by atoms with Gasteiger partial charge in [-0.05, 0) is 30.2 Å². The molecular formula is C16H25N3O4S. The van der Waals surface area contributed by atoms with Crippen LogP contribution in [-0.2, 0) is 4.79 Å². The van der Waals surface area contributed by atoms with Gasteiger partial charge in [0.05, 0.1) is 5.69 Å². The molecule has 0 bridgehead atoms. The summed E-state index contributed by atoms with van der Waals surface area (Å²) in [5, 5.41) is 20.9. The summed E-state index contributed by atoms with van der Waals surface area (Å²) in [5.74, 6) is -1.26. The standard InChI is InChI=1S/C16H25N3O4S/c1-9-8-24-14(16(22)23)12(9)18-19-15(21)13(20)11(17)7-10-5-3-2-4-6-10/h8,10-11,13,18,20H,2-7,17H2,1H3,(H,19,21)(H,22,23)/t11-,13?/m1/s1. The average Bonchev–Trinajstić information content (AvgIpc) is 2.93. The summed E-state index contributed by atoms with van der Waals surface area (Å²) in [4.78, 5) is 23.3. The van der Waals surface area contributed by atoms with Crippen LogP contribution >= 0.6 is 11.3 Å². The minimum atomic E-state index is -1.33. The van der Waals surface area contributed by atoms with Crippen molar-refractivity contribution in [3.8, 4) is 0 Å². The summed E-state index contributed by atoms with van der Waals surface area (Å²) in [6, 6.07) is -0.627. The Hall–Kier alpha value is -1.64. The third-order valence-corrected chi connectivity index (χ3v) is 5.57. The third kappa shape index (κ3) is 4.68. The zero-order valence-electron chi connectivity index (χ0n) is 13.7. The van der Waals surface area contributed by atoms with Crippen LogP contribution in [0.1, 0.15) is 53.8 Å². The van der Waals surface area contributed by atoms with Crippen molar-refractivity contribution < 1.29 is 19.8 Å². The smallest absolute Gasteiger partial charge is 0.348 e. The number of carboxylic acids is 1. The highest BCUT2D eigenvalue weighted by molar-refractivity contribution is 7.12. The number of hydrazine groups is 1. The molecule has 1 saturated carbocycles. The summed E-state index contributed by atoms with van der Waals surface area (Å²) >= 11 is 1.07. The number of aliphatic hydroxyl groups excluding tert-OH is 1. The van der Waals surface area contributed by atoms with E-state index in [0.29, 0.717) is 23.6 Å². The number of carbonyl (C=O) groups is 2. The monoisotopic (exact) mass is 355 g/mol. The Morgan fingerprint density at radius 2 is 2.04 bits per heavy atom. The summed E-state index contributed by atoms with van der Waals surface area (Å²) in [6.45, 7) is 1.74. The van der Waals surface area contributed by atoms with Gasteiger partial charge in [-0.1, -0.05) is 32.1 Å². The molecule has 0 radical (unpaired) electrons. The van der Waals surface area contributed by atoms with E-state index < -0.39 is 24.0 Å². The largest absolute Gasteiger partial charge is 0.477 e. The quantitative estimate of drug-likeness (QED) is 0.476. The van der Waals surface area contributed by atoms with Gasteiger partial charge in [0.1, 0.15) is 11.0 Å². The molecule has 134 valence electrons. The van der Waals surface area contributed by atoms with Crippen LogP contribution in [0.15, 0.2) is 5.38 Å². The molecule has 8 heteroatoms. The maximum atomic E-state index is 12.1. The molecule has 6 N–H and O–H groups in total. The fourth-order valence-electron chi connectivity index (χ4n) is 3.09. The number of aryl methyl sites for hydroxylation is 1. The molecule has 1 unspecified atom stereocenters. The predicted octanol–water partition coefficient (Wildman–Crippen LogP) is 1.86. The van der Waals surface area contributed by atoms with Gasteiger partial charge in [0.2, 0.25) is 0 Å². The Labute approximate surface area is 145 Å². The molecule has 1 aromatic rings. The van der Waals surface area contributed by atoms with Gasteiger partial charge in [-0.15, -0.1) is 11.3 Å². The molecule has 0 aromatic carbocycles. The van der Waals surface area contributed by atoms with E-state index in [1.807, 2.05) is 0 Å². The molecule has 2 atom stereocenters. The molecule has 1 heterocycles. The van der Waals surface area contributed by atoms with E-state index in [1.54, 1.807) is 12.3 Å². The average molecular weight is 355 g/mol. The van der Waals surface area contributed by atoms with E-state index >= 15 is 0 Å². The minimum absolute atomic E-state index is 0.105. The molecule has 2 rings (SSSR count). The van der Waals surface area contributed by atoms with Gasteiger partial charge in [0, 0.05) is 6.04 Å². The first-order valence-corrected chi connectivity index (χ1v) is 9.09. The minimum Gasteiger partial charge on any atom is -0.477 e. The molecule has 1 aliphatic rings. The molecule has 0 aliphatic heterocycles. The van der Waals surface area contributed by atoms with Gasteiger partial charge in [-0.2, -0.15) is 0 Å². The van der Waals surface area contributed by atoms with Crippen molar-refractivity contribution in [1.29, 1.82) is 0 Å². The number of aromatic carboxylic acids is 1. The van der Waals surface area contributed by atoms with Crippen LogP contribution < -0.4 is 16.6 Å². The molecule has 1 fully saturated rings. The van der Waals surface area contributed by atoms with Gasteiger partial charge in [-0.3, -0.25) is 15.6 Å². The van der Waals surface area contributed by atoms with Gasteiger partial charge >= 0.3 is 5.97 Å². The second kappa shape index (κ2) is 8.46. The first-order chi connectivity index (χ1) is 11.4. The number of carbonyl (C=O) groups excluding carboxylic acids is 1. The third-order valence-electron chi connectivity index (χ3n) is 4.48. The zero-order valence-corrected chi connectivity index (χ0v) is 14.6. The fraction of sp³-hybridized carbons (Fsp3) is 0.625. The van der Waals surface area contributed by atoms with Gasteiger partial charge in [0.15, 0.2) is 0 Å². The number of carboxylic acid groups (broad SMARTS) is 1. The van der Waals surface area contributed by atoms with Crippen LogP contribution in [0.2, 0.25) is 0 Å². The fourth-order valence-corrected chi connectivity index (χ4v) is 3.93. The van der Waals surface area contributed by atoms with Crippen molar-refractivity contribution in [1.82, 2.24) is 5.43 Å². The molecule has 0 saturated heterocycles. The van der Waals surface area contributed by atoms with Crippen LogP contribution in [0, 0.1) is 12.8 Å². The molecule has 0 spiro atoms. The molecule has 7 nitrogen and oxygen atoms in total. The Morgan fingerprint density at radius 3 is 2.67 bits per heavy atom. The molecule has 1 amide bonds. The Balaban J connectivity index is 1.87. The first-order valence-electron chi connectivity index (χ1n) is 8.21. The number of hydrogen-bond acceptors (Lipinski definition) is 6. The lowest BCUT2D eigenvalue weighted by atomic mass is 9.84. The second-order valence-electron chi connectivity index (χ2n) is 6.39. The summed E-state index contributed by atoms with van der Waals surface area (Å²) in [5.41, 5.74) is 12.0. The summed E-state index contributed by atoms with van der Waals surface area (Å²) in [6.07, 6.45) is 5.07. The van der Waals surface area contributed by atoms with Gasteiger partial charge < -0.3 is 15.9 Å². The highest BCUT2D eigenvalue weighted by atomic mass is 32.1. The van der Waals surface area contributed by atoms with E-state index in [2.05, 4.69) is 10.9 Å². The van der Waals surface area contributed by atoms with E-state index in [1.165, 1.54) is 19.3 Å². The van der Waals surface area contributed by atoms with E-state index in [9.17, 15) is 14.7 Å². The Bertz CT molecular complexity index is 584. The summed E-state index contributed by atoms with van der Waals surface area (Å²) < 4.78 is 0. The number of anilines is 1. The number of hydrogen-bond donors (Lipinski definition) is 5. The van der Waals surface area contributed by atoms with Crippen molar-refractivity contribution in [2.75, 3.05) is 5.43 Å². The second-order valence-corrected chi connectivity index (χ2v) is 7.27. The van der Waals surface area contributed by atoms with Crippen molar-refractivity contribution in [3.05, 3.63) is 15.8 Å². The molecule has 1 aliphatic carbocycles. The number of nitrogens with one attached hydrogen (secondary N) is 2. The summed E-state index contributed by atoms with van der Waals surface area (Å²) in [7, 11) is 0. The first kappa shape index (κ1) is 18.7. The van der Waals surface area contributed by atoms with Crippen LogP contribution in [0.4, 0.5) is 5.69 Å². The molecule has 24 heavy (non-hydrogen) atoms. The number of nitrogens with two attached hydrogens (primary N) is 1. The highest BCUT2D eigenvalue weighted by Crippen LogP contribution is 2.28. The van der Waals surface area contributed by atoms with Crippen molar-refractivity contribution in [3.63, 3.8) is 0 Å². The van der Waals surface area contributed by atoms with Crippen LogP contribution in [-0.4, -0.2) is 34.2 Å². The van der Waals surface area contributed by atoms with Crippen molar-refractivity contribution in [2.45, 2.75) is 57.6 Å². The highest BCUT2D eigenvalue weighted by Gasteiger charge is 2.27. The van der Waals surface area contributed by atoms with Crippen LogP contribution in [0.25, 0.3) is 0 Å². The lowest BCUT2D eigenvalue weighted by Crippen LogP contribution is -2.48. The Morgan fingerprint density at radius 1 is 1.38 bits per heavy atom. The topological polar surface area (TPSA) is 125 Å². The maximum Gasteiger partial charge on any atom is 0.348 e. The molecule has 1 aromatic heterocycles. The van der Waals surface area contributed by atoms with Gasteiger partial charge in [-0.25, -0.2) is 4.79 Å².